The summed E-state index contributed by atoms with van der Waals surface area (Å²) in [4.78, 5) is 33.8. The van der Waals surface area contributed by atoms with E-state index in [9.17, 15) is 31.5 Å². The van der Waals surface area contributed by atoms with Gasteiger partial charge in [-0.25, -0.2) is 9.37 Å². The average molecular weight is 563 g/mol. The van der Waals surface area contributed by atoms with Crippen molar-refractivity contribution in [2.75, 3.05) is 5.32 Å². The van der Waals surface area contributed by atoms with Crippen LogP contribution in [0.3, 0.4) is 0 Å². The molecular weight excluding hydrogens is 535 g/mol. The number of hydrogen-bond acceptors (Lipinski definition) is 5. The number of aromatic nitrogens is 4. The van der Waals surface area contributed by atoms with E-state index in [2.05, 4.69) is 25.7 Å². The van der Waals surface area contributed by atoms with Gasteiger partial charge in [0.1, 0.15) is 23.1 Å². The summed E-state index contributed by atoms with van der Waals surface area (Å²) in [6.45, 7) is 3.74. The van der Waals surface area contributed by atoms with Crippen LogP contribution in [0.4, 0.5) is 27.8 Å². The van der Waals surface area contributed by atoms with Crippen LogP contribution in [-0.4, -0.2) is 37.6 Å². The third-order valence-corrected chi connectivity index (χ3v) is 7.25. The van der Waals surface area contributed by atoms with Gasteiger partial charge in [-0.05, 0) is 75.5 Å². The van der Waals surface area contributed by atoms with Crippen LogP contribution in [-0.2, 0) is 11.0 Å². The maximum atomic E-state index is 15.0. The molecule has 1 atom stereocenters. The van der Waals surface area contributed by atoms with Crippen molar-refractivity contribution in [1.82, 2.24) is 25.1 Å². The first-order chi connectivity index (χ1) is 19.0. The third kappa shape index (κ3) is 5.68. The first-order valence-electron chi connectivity index (χ1n) is 13.0. The van der Waals surface area contributed by atoms with E-state index < -0.39 is 52.5 Å². The van der Waals surface area contributed by atoms with Gasteiger partial charge in [-0.2, -0.15) is 22.7 Å². The fraction of sp³-hybridized carbons (Fsp3) is 0.444. The molecule has 3 aromatic heterocycles. The molecule has 5 rings (SSSR count). The molecule has 2 fully saturated rings. The number of rotatable bonds is 9. The number of anilines is 1. The second-order valence-corrected chi connectivity index (χ2v) is 10.5. The molecule has 2 amide bonds. The SMILES string of the molecule is CC(C)n1nccc1C(=O)N[C@H](C(=O)Nc1ccc(-c2cncc(F)c2C(F)(F)F)c(F)n1)C(C1CC1)C1CC1. The van der Waals surface area contributed by atoms with Crippen LogP contribution in [0.15, 0.2) is 36.8 Å². The Morgan fingerprint density at radius 1 is 1.00 bits per heavy atom. The minimum absolute atomic E-state index is 0.0949. The van der Waals surface area contributed by atoms with Gasteiger partial charge >= 0.3 is 6.18 Å². The molecule has 0 bridgehead atoms. The molecule has 0 aromatic carbocycles. The highest BCUT2D eigenvalue weighted by molar-refractivity contribution is 6.00. The van der Waals surface area contributed by atoms with Crippen LogP contribution in [0.5, 0.6) is 0 Å². The zero-order valence-corrected chi connectivity index (χ0v) is 21.7. The minimum Gasteiger partial charge on any atom is -0.339 e. The average Bonchev–Trinajstić information content (AvgIpc) is 3.82. The van der Waals surface area contributed by atoms with Crippen LogP contribution in [0.1, 0.15) is 61.6 Å². The van der Waals surface area contributed by atoms with Crippen molar-refractivity contribution in [3.8, 4) is 11.1 Å². The van der Waals surface area contributed by atoms with Crippen molar-refractivity contribution >= 4 is 17.6 Å². The number of carbonyl (C=O) groups is 2. The fourth-order valence-electron chi connectivity index (χ4n) is 5.18. The lowest BCUT2D eigenvalue weighted by atomic mass is 9.88. The van der Waals surface area contributed by atoms with Crippen LogP contribution in [0.2, 0.25) is 0 Å². The lowest BCUT2D eigenvalue weighted by Gasteiger charge is -2.27. The molecule has 8 nitrogen and oxygen atoms in total. The molecule has 0 unspecified atom stereocenters. The summed E-state index contributed by atoms with van der Waals surface area (Å²) in [5, 5.41) is 9.54. The second-order valence-electron chi connectivity index (χ2n) is 10.5. The van der Waals surface area contributed by atoms with Gasteiger partial charge in [-0.3, -0.25) is 19.3 Å². The van der Waals surface area contributed by atoms with E-state index in [1.165, 1.54) is 6.20 Å². The Kier molecular flexibility index (Phi) is 7.32. The highest BCUT2D eigenvalue weighted by atomic mass is 19.4. The van der Waals surface area contributed by atoms with E-state index in [-0.39, 0.29) is 35.3 Å². The molecule has 2 aliphatic rings. The molecule has 2 N–H and O–H groups in total. The summed E-state index contributed by atoms with van der Waals surface area (Å²) in [6, 6.07) is 2.61. The third-order valence-electron chi connectivity index (χ3n) is 7.25. The predicted molar refractivity (Wildman–Crippen MR) is 134 cm³/mol. The second kappa shape index (κ2) is 10.6. The predicted octanol–water partition coefficient (Wildman–Crippen LogP) is 5.39. The van der Waals surface area contributed by atoms with Crippen LogP contribution in [0, 0.1) is 29.5 Å². The zero-order chi connectivity index (χ0) is 28.8. The number of pyridine rings is 2. The van der Waals surface area contributed by atoms with Gasteiger partial charge < -0.3 is 10.6 Å². The molecular formula is C27H27F5N6O2. The molecule has 0 aliphatic heterocycles. The molecule has 3 aromatic rings. The summed E-state index contributed by atoms with van der Waals surface area (Å²) in [6.07, 6.45) is 1.20. The van der Waals surface area contributed by atoms with Gasteiger partial charge in [0.2, 0.25) is 11.9 Å². The first kappa shape index (κ1) is 27.7. The quantitative estimate of drug-likeness (QED) is 0.269. The Balaban J connectivity index is 1.41. The lowest BCUT2D eigenvalue weighted by molar-refractivity contribution is -0.139. The molecule has 13 heteroatoms. The Morgan fingerprint density at radius 3 is 2.25 bits per heavy atom. The normalized spacial score (nSPS) is 16.3. The molecule has 0 spiro atoms. The molecule has 3 heterocycles. The van der Waals surface area contributed by atoms with Gasteiger partial charge in [0.25, 0.3) is 5.91 Å². The zero-order valence-electron chi connectivity index (χ0n) is 21.7. The lowest BCUT2D eigenvalue weighted by Crippen LogP contribution is -2.50. The van der Waals surface area contributed by atoms with E-state index in [0.29, 0.717) is 12.4 Å². The van der Waals surface area contributed by atoms with E-state index >= 15 is 0 Å². The van der Waals surface area contributed by atoms with Crippen LogP contribution in [0.25, 0.3) is 11.1 Å². The standard InChI is InChI=1S/C27H27F5N6O2/c1-13(2)38-19(9-10-34-38)25(39)37-23(21(14-3-4-14)15-5-6-15)26(40)36-20-8-7-16(24(29)35-20)17-11-33-12-18(28)22(17)27(30,31)32/h7-15,21,23H,3-6H2,1-2H3,(H,37,39)(H,35,36,40)/t23-/m0/s1. The first-order valence-corrected chi connectivity index (χ1v) is 13.0. The maximum Gasteiger partial charge on any atom is 0.419 e. The number of amides is 2. The Morgan fingerprint density at radius 2 is 1.68 bits per heavy atom. The van der Waals surface area contributed by atoms with Crippen molar-refractivity contribution in [3.63, 3.8) is 0 Å². The number of hydrogen-bond donors (Lipinski definition) is 2. The van der Waals surface area contributed by atoms with Crippen molar-refractivity contribution in [2.24, 2.45) is 17.8 Å². The largest absolute Gasteiger partial charge is 0.419 e. The summed E-state index contributed by atoms with van der Waals surface area (Å²) in [5.41, 5.74) is -2.82. The monoisotopic (exact) mass is 562 g/mol. The van der Waals surface area contributed by atoms with Gasteiger partial charge in [0.05, 0.1) is 6.20 Å². The van der Waals surface area contributed by atoms with E-state index in [1.54, 1.807) is 10.7 Å². The smallest absolute Gasteiger partial charge is 0.339 e. The van der Waals surface area contributed by atoms with Crippen molar-refractivity contribution < 1.29 is 31.5 Å². The molecule has 2 saturated carbocycles. The number of alkyl halides is 3. The molecule has 40 heavy (non-hydrogen) atoms. The van der Waals surface area contributed by atoms with E-state index in [0.717, 1.165) is 37.8 Å². The van der Waals surface area contributed by atoms with E-state index in [1.807, 2.05) is 13.8 Å². The minimum atomic E-state index is -5.10. The van der Waals surface area contributed by atoms with E-state index in [4.69, 9.17) is 0 Å². The fourth-order valence-corrected chi connectivity index (χ4v) is 5.18. The number of carbonyl (C=O) groups excluding carboxylic acids is 2. The van der Waals surface area contributed by atoms with Crippen LogP contribution < -0.4 is 10.6 Å². The van der Waals surface area contributed by atoms with Gasteiger partial charge in [0.15, 0.2) is 5.82 Å². The van der Waals surface area contributed by atoms with Gasteiger partial charge in [-0.15, -0.1) is 0 Å². The Hall–Kier alpha value is -3.90. The number of halogens is 5. The maximum absolute atomic E-state index is 15.0. The summed E-state index contributed by atoms with van der Waals surface area (Å²) >= 11 is 0. The summed E-state index contributed by atoms with van der Waals surface area (Å²) in [7, 11) is 0. The molecule has 2 aliphatic carbocycles. The summed E-state index contributed by atoms with van der Waals surface area (Å²) < 4.78 is 70.8. The summed E-state index contributed by atoms with van der Waals surface area (Å²) in [5.74, 6) is -3.97. The molecule has 0 saturated heterocycles. The van der Waals surface area contributed by atoms with Crippen molar-refractivity contribution in [2.45, 2.75) is 57.8 Å². The van der Waals surface area contributed by atoms with Crippen LogP contribution >= 0.6 is 0 Å². The number of nitrogens with one attached hydrogen (secondary N) is 2. The van der Waals surface area contributed by atoms with Gasteiger partial charge in [-0.1, -0.05) is 0 Å². The molecule has 212 valence electrons. The number of nitrogens with zero attached hydrogens (tertiary/aromatic N) is 4. The highest BCUT2D eigenvalue weighted by Gasteiger charge is 2.48. The molecule has 0 radical (unpaired) electrons. The topological polar surface area (TPSA) is 102 Å². The Bertz CT molecular complexity index is 1420. The Labute approximate surface area is 226 Å². The highest BCUT2D eigenvalue weighted by Crippen LogP contribution is 2.51. The van der Waals surface area contributed by atoms with Crippen molar-refractivity contribution in [1.29, 1.82) is 0 Å². The van der Waals surface area contributed by atoms with Gasteiger partial charge in [0, 0.05) is 29.6 Å². The van der Waals surface area contributed by atoms with Crippen molar-refractivity contribution in [3.05, 3.63) is 59.8 Å².